The van der Waals surface area contributed by atoms with Crippen molar-refractivity contribution in [3.63, 3.8) is 0 Å². The maximum atomic E-state index is 12.6. The molecule has 0 bridgehead atoms. The molecule has 5 nitrogen and oxygen atoms in total. The minimum atomic E-state index is -0.318. The third kappa shape index (κ3) is 6.34. The number of nitrogens with one attached hydrogen (secondary N) is 2. The van der Waals surface area contributed by atoms with Gasteiger partial charge in [-0.25, -0.2) is 0 Å². The number of amides is 1. The molecule has 2 aromatic carbocycles. The Hall–Kier alpha value is -2.44. The highest BCUT2D eigenvalue weighted by molar-refractivity contribution is 7.80. The fourth-order valence-corrected chi connectivity index (χ4v) is 2.78. The van der Waals surface area contributed by atoms with Crippen molar-refractivity contribution in [2.75, 3.05) is 25.1 Å². The van der Waals surface area contributed by atoms with Crippen LogP contribution in [-0.2, 0) is 4.74 Å². The lowest BCUT2D eigenvalue weighted by Gasteiger charge is -2.16. The zero-order chi connectivity index (χ0) is 19.6. The summed E-state index contributed by atoms with van der Waals surface area (Å²) in [6, 6.07) is 15.0. The summed E-state index contributed by atoms with van der Waals surface area (Å²) in [5, 5.41) is 6.08. The van der Waals surface area contributed by atoms with Gasteiger partial charge in [0, 0.05) is 12.3 Å². The van der Waals surface area contributed by atoms with E-state index in [1.165, 1.54) is 0 Å². The summed E-state index contributed by atoms with van der Waals surface area (Å²) >= 11 is 5.32. The Morgan fingerprint density at radius 3 is 2.52 bits per heavy atom. The highest BCUT2D eigenvalue weighted by Gasteiger charge is 2.14. The lowest BCUT2D eigenvalue weighted by Crippen LogP contribution is -2.34. The molecule has 6 heteroatoms. The van der Waals surface area contributed by atoms with Crippen LogP contribution in [0.4, 0.5) is 5.69 Å². The van der Waals surface area contributed by atoms with E-state index < -0.39 is 0 Å². The summed E-state index contributed by atoms with van der Waals surface area (Å²) in [7, 11) is 0. The molecular formula is C21H26N2O3S. The lowest BCUT2D eigenvalue weighted by atomic mass is 10.0. The second kappa shape index (κ2) is 10.6. The Bertz CT molecular complexity index is 778. The Labute approximate surface area is 166 Å². The van der Waals surface area contributed by atoms with Gasteiger partial charge in [0.25, 0.3) is 5.91 Å². The van der Waals surface area contributed by atoms with Crippen molar-refractivity contribution in [1.82, 2.24) is 5.32 Å². The van der Waals surface area contributed by atoms with Crippen LogP contribution in [0, 0.1) is 0 Å². The van der Waals surface area contributed by atoms with Crippen molar-refractivity contribution in [3.05, 3.63) is 59.7 Å². The first-order valence-corrected chi connectivity index (χ1v) is 9.44. The first-order chi connectivity index (χ1) is 13.0. The van der Waals surface area contributed by atoms with Gasteiger partial charge in [0.1, 0.15) is 12.4 Å². The van der Waals surface area contributed by atoms with Crippen LogP contribution in [0.25, 0.3) is 0 Å². The normalized spacial score (nSPS) is 10.5. The van der Waals surface area contributed by atoms with E-state index in [0.717, 1.165) is 11.3 Å². The fraction of sp³-hybridized carbons (Fsp3) is 0.333. The SMILES string of the molecule is CCOCCOc1ccccc1C(=O)NC(=S)Nc1ccccc1C(C)C. The third-order valence-electron chi connectivity index (χ3n) is 3.88. The third-order valence-corrected chi connectivity index (χ3v) is 4.08. The standard InChI is InChI=1S/C21H26N2O3S/c1-4-25-13-14-26-19-12-8-6-10-17(19)20(24)23-21(27)22-18-11-7-5-9-16(18)15(2)3/h5-12,15H,4,13-14H2,1-3H3,(H2,22,23,24,27). The first kappa shape index (κ1) is 20.9. The molecule has 0 aliphatic rings. The quantitative estimate of drug-likeness (QED) is 0.522. The molecule has 0 aliphatic carbocycles. The largest absolute Gasteiger partial charge is 0.490 e. The number of ether oxygens (including phenoxy) is 2. The number of hydrogen-bond acceptors (Lipinski definition) is 4. The summed E-state index contributed by atoms with van der Waals surface area (Å²) in [5.74, 6) is 0.522. The van der Waals surface area contributed by atoms with E-state index in [4.69, 9.17) is 21.7 Å². The molecule has 0 radical (unpaired) electrons. The van der Waals surface area contributed by atoms with E-state index in [2.05, 4.69) is 24.5 Å². The molecule has 2 aromatic rings. The number of para-hydroxylation sites is 2. The van der Waals surface area contributed by atoms with Crippen molar-refractivity contribution in [2.45, 2.75) is 26.7 Å². The van der Waals surface area contributed by atoms with Gasteiger partial charge in [0.15, 0.2) is 5.11 Å². The molecular weight excluding hydrogens is 360 g/mol. The fourth-order valence-electron chi connectivity index (χ4n) is 2.57. The van der Waals surface area contributed by atoms with E-state index in [-0.39, 0.29) is 11.0 Å². The van der Waals surface area contributed by atoms with Crippen molar-refractivity contribution in [3.8, 4) is 5.75 Å². The summed E-state index contributed by atoms with van der Waals surface area (Å²) in [5.41, 5.74) is 2.45. The second-order valence-electron chi connectivity index (χ2n) is 6.19. The molecule has 0 heterocycles. The maximum absolute atomic E-state index is 12.6. The molecule has 2 rings (SSSR count). The molecule has 27 heavy (non-hydrogen) atoms. The van der Waals surface area contributed by atoms with E-state index in [0.29, 0.717) is 37.1 Å². The lowest BCUT2D eigenvalue weighted by molar-refractivity contribution is 0.0958. The zero-order valence-electron chi connectivity index (χ0n) is 16.0. The number of thiocarbonyl (C=S) groups is 1. The van der Waals surface area contributed by atoms with Crippen molar-refractivity contribution in [2.24, 2.45) is 0 Å². The monoisotopic (exact) mass is 386 g/mol. The number of benzene rings is 2. The van der Waals surface area contributed by atoms with Crippen LogP contribution in [0.15, 0.2) is 48.5 Å². The van der Waals surface area contributed by atoms with Crippen molar-refractivity contribution < 1.29 is 14.3 Å². The Balaban J connectivity index is 2.02. The Morgan fingerprint density at radius 1 is 1.07 bits per heavy atom. The van der Waals surface area contributed by atoms with Crippen LogP contribution in [0.1, 0.15) is 42.6 Å². The van der Waals surface area contributed by atoms with Crippen LogP contribution in [0.2, 0.25) is 0 Å². The molecule has 1 amide bonds. The van der Waals surface area contributed by atoms with Gasteiger partial charge in [-0.1, -0.05) is 44.2 Å². The second-order valence-corrected chi connectivity index (χ2v) is 6.60. The minimum Gasteiger partial charge on any atom is -0.490 e. The van der Waals surface area contributed by atoms with Gasteiger partial charge < -0.3 is 14.8 Å². The summed E-state index contributed by atoms with van der Waals surface area (Å²) in [4.78, 5) is 12.6. The Kier molecular flexibility index (Phi) is 8.23. The van der Waals surface area contributed by atoms with Gasteiger partial charge >= 0.3 is 0 Å². The van der Waals surface area contributed by atoms with Crippen LogP contribution in [0.3, 0.4) is 0 Å². The predicted octanol–water partition coefficient (Wildman–Crippen LogP) is 4.35. The minimum absolute atomic E-state index is 0.247. The summed E-state index contributed by atoms with van der Waals surface area (Å²) in [6.45, 7) is 7.62. The molecule has 144 valence electrons. The van der Waals surface area contributed by atoms with Gasteiger partial charge in [-0.2, -0.15) is 0 Å². The topological polar surface area (TPSA) is 59.6 Å². The molecule has 0 atom stereocenters. The van der Waals surface area contributed by atoms with Gasteiger partial charge in [-0.05, 0) is 48.8 Å². The average Bonchev–Trinajstić information content (AvgIpc) is 2.65. The smallest absolute Gasteiger partial charge is 0.261 e. The van der Waals surface area contributed by atoms with Crippen molar-refractivity contribution >= 4 is 28.9 Å². The molecule has 0 fully saturated rings. The number of rotatable bonds is 8. The molecule has 0 saturated heterocycles. The molecule has 0 spiro atoms. The zero-order valence-corrected chi connectivity index (χ0v) is 16.8. The van der Waals surface area contributed by atoms with E-state index in [1.54, 1.807) is 18.2 Å². The number of carbonyl (C=O) groups excluding carboxylic acids is 1. The van der Waals surface area contributed by atoms with Gasteiger partial charge in [-0.3, -0.25) is 10.1 Å². The molecule has 0 saturated carbocycles. The molecule has 0 aromatic heterocycles. The molecule has 2 N–H and O–H groups in total. The maximum Gasteiger partial charge on any atom is 0.261 e. The van der Waals surface area contributed by atoms with E-state index in [1.807, 2.05) is 37.3 Å². The highest BCUT2D eigenvalue weighted by atomic mass is 32.1. The molecule has 0 aliphatic heterocycles. The average molecular weight is 387 g/mol. The van der Waals surface area contributed by atoms with E-state index >= 15 is 0 Å². The summed E-state index contributed by atoms with van der Waals surface area (Å²) in [6.07, 6.45) is 0. The van der Waals surface area contributed by atoms with Crippen LogP contribution in [-0.4, -0.2) is 30.8 Å². The first-order valence-electron chi connectivity index (χ1n) is 9.03. The van der Waals surface area contributed by atoms with Crippen LogP contribution >= 0.6 is 12.2 Å². The van der Waals surface area contributed by atoms with Crippen LogP contribution in [0.5, 0.6) is 5.75 Å². The Morgan fingerprint density at radius 2 is 1.78 bits per heavy atom. The highest BCUT2D eigenvalue weighted by Crippen LogP contribution is 2.23. The van der Waals surface area contributed by atoms with Crippen LogP contribution < -0.4 is 15.4 Å². The van der Waals surface area contributed by atoms with Gasteiger partial charge in [0.05, 0.1) is 12.2 Å². The number of carbonyl (C=O) groups is 1. The van der Waals surface area contributed by atoms with Gasteiger partial charge in [-0.15, -0.1) is 0 Å². The van der Waals surface area contributed by atoms with Gasteiger partial charge in [0.2, 0.25) is 0 Å². The van der Waals surface area contributed by atoms with Crippen molar-refractivity contribution in [1.29, 1.82) is 0 Å². The molecule has 0 unspecified atom stereocenters. The number of anilines is 1. The predicted molar refractivity (Wildman–Crippen MR) is 113 cm³/mol. The number of hydrogen-bond donors (Lipinski definition) is 2. The summed E-state index contributed by atoms with van der Waals surface area (Å²) < 4.78 is 10.9. The van der Waals surface area contributed by atoms with E-state index in [9.17, 15) is 4.79 Å².